The first-order valence-electron chi connectivity index (χ1n) is 4.84. The maximum Gasteiger partial charge on any atom is 0.194 e. The number of halogens is 3. The zero-order valence-electron chi connectivity index (χ0n) is 8.58. The lowest BCUT2D eigenvalue weighted by atomic mass is 10.0. The van der Waals surface area contributed by atoms with Gasteiger partial charge < -0.3 is 0 Å². The molecule has 0 spiro atoms. The molecule has 2 aromatic carbocycles. The molecule has 86 valence electrons. The molecule has 0 N–H and O–H groups in total. The van der Waals surface area contributed by atoms with Crippen molar-refractivity contribution in [3.8, 4) is 0 Å². The second-order valence-corrected chi connectivity index (χ2v) is 4.25. The van der Waals surface area contributed by atoms with Crippen molar-refractivity contribution >= 4 is 29.0 Å². The van der Waals surface area contributed by atoms with Crippen molar-refractivity contribution in [3.63, 3.8) is 0 Å². The van der Waals surface area contributed by atoms with Crippen molar-refractivity contribution in [1.82, 2.24) is 0 Å². The lowest BCUT2D eigenvalue weighted by Gasteiger charge is -2.04. The number of benzene rings is 2. The Balaban J connectivity index is 2.44. The van der Waals surface area contributed by atoms with Crippen molar-refractivity contribution < 1.29 is 9.18 Å². The second kappa shape index (κ2) is 4.86. The fraction of sp³-hybridized carbons (Fsp3) is 0. The minimum atomic E-state index is -0.605. The molecule has 2 aromatic rings. The highest BCUT2D eigenvalue weighted by molar-refractivity contribution is 6.35. The molecule has 1 nitrogen and oxygen atoms in total. The molecule has 0 radical (unpaired) electrons. The normalized spacial score (nSPS) is 10.3. The molecule has 0 heterocycles. The predicted octanol–water partition coefficient (Wildman–Crippen LogP) is 4.36. The van der Waals surface area contributed by atoms with Crippen LogP contribution in [-0.2, 0) is 0 Å². The van der Waals surface area contributed by atoms with Crippen molar-refractivity contribution in [2.24, 2.45) is 0 Å². The standard InChI is InChI=1S/C13H7Cl2FO/c14-9-6-4-8(5-7-9)13(17)10-2-1-3-11(16)12(10)15/h1-7H. The molecule has 17 heavy (non-hydrogen) atoms. The Morgan fingerprint density at radius 3 is 2.29 bits per heavy atom. The van der Waals surface area contributed by atoms with E-state index in [4.69, 9.17) is 23.2 Å². The molecule has 0 aromatic heterocycles. The molecule has 0 aliphatic carbocycles. The zero-order valence-corrected chi connectivity index (χ0v) is 10.1. The monoisotopic (exact) mass is 268 g/mol. The average molecular weight is 269 g/mol. The van der Waals surface area contributed by atoms with Crippen LogP contribution in [0, 0.1) is 5.82 Å². The van der Waals surface area contributed by atoms with Gasteiger partial charge in [0.25, 0.3) is 0 Å². The molecule has 0 fully saturated rings. The SMILES string of the molecule is O=C(c1ccc(Cl)cc1)c1cccc(F)c1Cl. The molecule has 0 aliphatic heterocycles. The Kier molecular flexibility index (Phi) is 3.46. The Morgan fingerprint density at radius 1 is 1.00 bits per heavy atom. The topological polar surface area (TPSA) is 17.1 Å². The first-order valence-corrected chi connectivity index (χ1v) is 5.59. The van der Waals surface area contributed by atoms with Crippen molar-refractivity contribution in [2.75, 3.05) is 0 Å². The maximum atomic E-state index is 13.2. The van der Waals surface area contributed by atoms with Gasteiger partial charge in [-0.3, -0.25) is 4.79 Å². The van der Waals surface area contributed by atoms with Crippen LogP contribution >= 0.6 is 23.2 Å². The molecule has 2 rings (SSSR count). The van der Waals surface area contributed by atoms with E-state index in [0.29, 0.717) is 10.6 Å². The predicted molar refractivity (Wildman–Crippen MR) is 66.3 cm³/mol. The van der Waals surface area contributed by atoms with E-state index in [1.165, 1.54) is 18.2 Å². The fourth-order valence-corrected chi connectivity index (χ4v) is 1.77. The van der Waals surface area contributed by atoms with Crippen LogP contribution in [0.15, 0.2) is 42.5 Å². The molecule has 0 atom stereocenters. The van der Waals surface area contributed by atoms with Crippen LogP contribution in [-0.4, -0.2) is 5.78 Å². The molecule has 0 unspecified atom stereocenters. The summed E-state index contributed by atoms with van der Waals surface area (Å²) in [7, 11) is 0. The summed E-state index contributed by atoms with van der Waals surface area (Å²) in [6.07, 6.45) is 0. The second-order valence-electron chi connectivity index (χ2n) is 3.44. The third-order valence-electron chi connectivity index (χ3n) is 2.30. The van der Waals surface area contributed by atoms with E-state index < -0.39 is 5.82 Å². The summed E-state index contributed by atoms with van der Waals surface area (Å²) in [6.45, 7) is 0. The van der Waals surface area contributed by atoms with Gasteiger partial charge in [0.05, 0.1) is 5.02 Å². The number of carbonyl (C=O) groups excluding carboxylic acids is 1. The van der Waals surface area contributed by atoms with E-state index in [2.05, 4.69) is 0 Å². The Morgan fingerprint density at radius 2 is 1.65 bits per heavy atom. The summed E-state index contributed by atoms with van der Waals surface area (Å²) < 4.78 is 13.2. The summed E-state index contributed by atoms with van der Waals surface area (Å²) in [5, 5.41) is 0.374. The van der Waals surface area contributed by atoms with Crippen LogP contribution in [0.4, 0.5) is 4.39 Å². The van der Waals surface area contributed by atoms with Gasteiger partial charge in [-0.25, -0.2) is 4.39 Å². The molecule has 0 saturated carbocycles. The van der Waals surface area contributed by atoms with Crippen LogP contribution in [0.1, 0.15) is 15.9 Å². The lowest BCUT2D eigenvalue weighted by molar-refractivity contribution is 0.103. The largest absolute Gasteiger partial charge is 0.289 e. The first kappa shape index (κ1) is 12.1. The number of hydrogen-bond donors (Lipinski definition) is 0. The summed E-state index contributed by atoms with van der Waals surface area (Å²) >= 11 is 11.5. The molecule has 0 bridgehead atoms. The molecular formula is C13H7Cl2FO. The van der Waals surface area contributed by atoms with Crippen molar-refractivity contribution in [1.29, 1.82) is 0 Å². The van der Waals surface area contributed by atoms with E-state index in [1.807, 2.05) is 0 Å². The summed E-state index contributed by atoms with van der Waals surface area (Å²) in [5.74, 6) is -0.933. The van der Waals surface area contributed by atoms with Crippen LogP contribution in [0.3, 0.4) is 0 Å². The van der Waals surface area contributed by atoms with Crippen LogP contribution in [0.5, 0.6) is 0 Å². The third kappa shape index (κ3) is 2.48. The summed E-state index contributed by atoms with van der Waals surface area (Å²) in [4.78, 5) is 12.0. The lowest BCUT2D eigenvalue weighted by Crippen LogP contribution is -2.02. The van der Waals surface area contributed by atoms with E-state index in [-0.39, 0.29) is 16.4 Å². The quantitative estimate of drug-likeness (QED) is 0.740. The first-order chi connectivity index (χ1) is 8.09. The highest BCUT2D eigenvalue weighted by Gasteiger charge is 2.14. The Labute approximate surface area is 108 Å². The maximum absolute atomic E-state index is 13.2. The van der Waals surface area contributed by atoms with Gasteiger partial charge in [0, 0.05) is 16.1 Å². The van der Waals surface area contributed by atoms with Gasteiger partial charge in [-0.15, -0.1) is 0 Å². The smallest absolute Gasteiger partial charge is 0.194 e. The molecule has 0 aliphatic rings. The Bertz CT molecular complexity index is 564. The van der Waals surface area contributed by atoms with Gasteiger partial charge in [0.1, 0.15) is 5.82 Å². The highest BCUT2D eigenvalue weighted by atomic mass is 35.5. The van der Waals surface area contributed by atoms with Crippen LogP contribution < -0.4 is 0 Å². The van der Waals surface area contributed by atoms with E-state index >= 15 is 0 Å². The highest BCUT2D eigenvalue weighted by Crippen LogP contribution is 2.23. The zero-order chi connectivity index (χ0) is 12.4. The number of ketones is 1. The number of carbonyl (C=O) groups is 1. The van der Waals surface area contributed by atoms with E-state index in [1.54, 1.807) is 24.3 Å². The minimum absolute atomic E-state index is 0.147. The third-order valence-corrected chi connectivity index (χ3v) is 2.94. The fourth-order valence-electron chi connectivity index (χ4n) is 1.44. The van der Waals surface area contributed by atoms with Gasteiger partial charge in [-0.1, -0.05) is 29.3 Å². The van der Waals surface area contributed by atoms with Crippen LogP contribution in [0.25, 0.3) is 0 Å². The van der Waals surface area contributed by atoms with Gasteiger partial charge in [0.15, 0.2) is 5.78 Å². The van der Waals surface area contributed by atoms with Crippen molar-refractivity contribution in [3.05, 3.63) is 69.5 Å². The van der Waals surface area contributed by atoms with Crippen molar-refractivity contribution in [2.45, 2.75) is 0 Å². The Hall–Kier alpha value is -1.38. The number of rotatable bonds is 2. The molecule has 4 heteroatoms. The number of hydrogen-bond acceptors (Lipinski definition) is 1. The summed E-state index contributed by atoms with van der Waals surface area (Å²) in [6, 6.07) is 10.5. The molecule has 0 amide bonds. The molecule has 0 saturated heterocycles. The van der Waals surface area contributed by atoms with Gasteiger partial charge >= 0.3 is 0 Å². The van der Waals surface area contributed by atoms with Gasteiger partial charge in [-0.2, -0.15) is 0 Å². The van der Waals surface area contributed by atoms with E-state index in [0.717, 1.165) is 0 Å². The molecular weight excluding hydrogens is 262 g/mol. The minimum Gasteiger partial charge on any atom is -0.289 e. The van der Waals surface area contributed by atoms with Crippen LogP contribution in [0.2, 0.25) is 10.0 Å². The summed E-state index contributed by atoms with van der Waals surface area (Å²) in [5.41, 5.74) is 0.566. The van der Waals surface area contributed by atoms with Gasteiger partial charge in [-0.05, 0) is 36.4 Å². The van der Waals surface area contributed by atoms with Gasteiger partial charge in [0.2, 0.25) is 0 Å². The van der Waals surface area contributed by atoms with E-state index in [9.17, 15) is 9.18 Å². The average Bonchev–Trinajstić information content (AvgIpc) is 2.33.